The van der Waals surface area contributed by atoms with Gasteiger partial charge < -0.3 is 38.2 Å². The molecule has 0 fully saturated rings. The van der Waals surface area contributed by atoms with Crippen molar-refractivity contribution in [2.75, 3.05) is 34.5 Å². The largest absolute Gasteiger partial charge is 0.497 e. The number of fused-ring (bicyclic) bond motifs is 3. The number of benzene rings is 5. The maximum absolute atomic E-state index is 14.2. The molecule has 6 rings (SSSR count). The van der Waals surface area contributed by atoms with E-state index in [1.807, 2.05) is 88.4 Å². The lowest BCUT2D eigenvalue weighted by atomic mass is 9.68. The fourth-order valence-electron chi connectivity index (χ4n) is 9.08. The fourth-order valence-corrected chi connectivity index (χ4v) is 11.1. The number of rotatable bonds is 22. The zero-order valence-corrected chi connectivity index (χ0v) is 38.6. The van der Waals surface area contributed by atoms with Crippen molar-refractivity contribution in [3.05, 3.63) is 149 Å². The lowest BCUT2D eigenvalue weighted by molar-refractivity contribution is -0.198. The van der Waals surface area contributed by atoms with Crippen LogP contribution in [0.25, 0.3) is 11.1 Å². The van der Waals surface area contributed by atoms with E-state index in [0.717, 1.165) is 22.3 Å². The Kier molecular flexibility index (Phi) is 15.0. The number of hydrogen-bond donors (Lipinski definition) is 2. The molecule has 0 spiro atoms. The van der Waals surface area contributed by atoms with Crippen molar-refractivity contribution < 1.29 is 47.8 Å². The minimum Gasteiger partial charge on any atom is -0.497 e. The van der Waals surface area contributed by atoms with Gasteiger partial charge >= 0.3 is 11.9 Å². The zero-order chi connectivity index (χ0) is 45.5. The van der Waals surface area contributed by atoms with Gasteiger partial charge in [-0.15, -0.1) is 0 Å². The molecule has 12 heteroatoms. The number of methoxy groups -OCH3 is 3. The van der Waals surface area contributed by atoms with Crippen LogP contribution in [0.15, 0.2) is 121 Å². The van der Waals surface area contributed by atoms with E-state index < -0.39 is 43.7 Å². The third-order valence-electron chi connectivity index (χ3n) is 12.5. The van der Waals surface area contributed by atoms with Crippen LogP contribution in [0.4, 0.5) is 0 Å². The second kappa shape index (κ2) is 20.0. The molecule has 1 aliphatic rings. The number of ether oxygens (including phenoxy) is 4. The third-order valence-corrected chi connectivity index (χ3v) is 14.6. The van der Waals surface area contributed by atoms with Crippen molar-refractivity contribution in [3.8, 4) is 28.4 Å². The van der Waals surface area contributed by atoms with E-state index in [1.165, 1.54) is 0 Å². The van der Waals surface area contributed by atoms with Crippen molar-refractivity contribution >= 4 is 20.5 Å². The molecule has 5 aromatic rings. The highest BCUT2D eigenvalue weighted by atomic mass is 31.2. The predicted octanol–water partition coefficient (Wildman–Crippen LogP) is 10.9. The van der Waals surface area contributed by atoms with Crippen molar-refractivity contribution in [1.82, 2.24) is 4.67 Å². The monoisotopic (exact) mass is 877 g/mol. The molecule has 0 radical (unpaired) electrons. The second-order valence-corrected chi connectivity index (χ2v) is 17.7. The first kappa shape index (κ1) is 47.2. The number of carboxylic acid groups (broad SMARTS) is 2. The van der Waals surface area contributed by atoms with Gasteiger partial charge in [-0.1, -0.05) is 98.8 Å². The number of nitrogens with zero attached hydrogens (tertiary/aromatic N) is 1. The van der Waals surface area contributed by atoms with Crippen molar-refractivity contribution in [2.24, 2.45) is 5.41 Å². The summed E-state index contributed by atoms with van der Waals surface area (Å²) in [6.07, 6.45) is 0.0147. The molecule has 0 aromatic heterocycles. The Hall–Kier alpha value is -5.29. The lowest BCUT2D eigenvalue weighted by Crippen LogP contribution is -2.62. The topological polar surface area (TPSA) is 133 Å². The van der Waals surface area contributed by atoms with Crippen LogP contribution in [-0.2, 0) is 29.0 Å². The predicted molar refractivity (Wildman–Crippen MR) is 246 cm³/mol. The second-order valence-electron chi connectivity index (χ2n) is 16.3. The van der Waals surface area contributed by atoms with Gasteiger partial charge in [-0.3, -0.25) is 9.59 Å². The quantitative estimate of drug-likeness (QED) is 0.0391. The SMILES string of the molecule is CCC(CC)(OP(OCC1c2ccccc2-c2ccccc21)N(C(C)C)C(C)C)C(COC(c1ccc(OC)cc1)(c1ccc(OC)cc1)c1ccc(OC)cc1)(C(=O)O)C(=O)O. The highest BCUT2D eigenvalue weighted by molar-refractivity contribution is 7.44. The van der Waals surface area contributed by atoms with Crippen LogP contribution in [0.2, 0.25) is 0 Å². The highest BCUT2D eigenvalue weighted by Gasteiger charge is 2.65. The molecule has 0 aliphatic heterocycles. The van der Waals surface area contributed by atoms with Crippen LogP contribution in [0.3, 0.4) is 0 Å². The minimum absolute atomic E-state index is 0.00733. The first-order valence-corrected chi connectivity index (χ1v) is 22.5. The smallest absolute Gasteiger partial charge is 0.326 e. The molecule has 5 aromatic carbocycles. The third kappa shape index (κ3) is 8.82. The summed E-state index contributed by atoms with van der Waals surface area (Å²) in [6.45, 7) is 11.1. The van der Waals surface area contributed by atoms with E-state index in [1.54, 1.807) is 71.6 Å². The molecule has 2 N–H and O–H groups in total. The van der Waals surface area contributed by atoms with Crippen LogP contribution in [-0.4, -0.2) is 79.0 Å². The van der Waals surface area contributed by atoms with E-state index in [9.17, 15) is 19.8 Å². The average Bonchev–Trinajstić information content (AvgIpc) is 3.62. The molecule has 1 atom stereocenters. The summed E-state index contributed by atoms with van der Waals surface area (Å²) < 4.78 is 40.0. The molecule has 0 bridgehead atoms. The van der Waals surface area contributed by atoms with Gasteiger partial charge in [0, 0.05) is 18.0 Å². The van der Waals surface area contributed by atoms with Gasteiger partial charge in [-0.25, -0.2) is 4.67 Å². The molecule has 0 heterocycles. The number of aliphatic carboxylic acids is 2. The summed E-state index contributed by atoms with van der Waals surface area (Å²) in [5.74, 6) is -1.56. The Morgan fingerprint density at radius 3 is 1.33 bits per heavy atom. The van der Waals surface area contributed by atoms with Crippen LogP contribution >= 0.6 is 8.53 Å². The molecular weight excluding hydrogens is 818 g/mol. The van der Waals surface area contributed by atoms with Gasteiger partial charge in [0.15, 0.2) is 0 Å². The van der Waals surface area contributed by atoms with Crippen molar-refractivity contribution in [2.45, 2.75) is 83.6 Å². The first-order valence-electron chi connectivity index (χ1n) is 21.4. The summed E-state index contributed by atoms with van der Waals surface area (Å²) in [4.78, 5) is 28.5. The molecule has 1 aliphatic carbocycles. The molecule has 0 saturated carbocycles. The number of carbonyl (C=O) groups is 2. The standard InChI is InChI=1S/C51H60NO10P/c1-10-49(11-2,62-63(52(34(3)4)35(5)6)61-32-46-44-18-14-12-16-42(44)43-17-13-15-19-45(43)46)50(47(53)54,48(55)56)33-60-51(36-20-26-39(57-7)27-21-36,37-22-28-40(58-8)29-23-37)38-24-30-41(59-9)31-25-38/h12-31,34-35,46H,10-11,32-33H2,1-9H3,(H,53,54)(H,55,56). The number of hydrogen-bond acceptors (Lipinski definition) is 9. The summed E-state index contributed by atoms with van der Waals surface area (Å²) in [5.41, 5.74) is 0.211. The fraction of sp³-hybridized carbons (Fsp3) is 0.373. The Morgan fingerprint density at radius 2 is 1.00 bits per heavy atom. The van der Waals surface area contributed by atoms with Crippen molar-refractivity contribution in [3.63, 3.8) is 0 Å². The summed E-state index contributed by atoms with van der Waals surface area (Å²) in [7, 11) is 2.62. The van der Waals surface area contributed by atoms with Crippen LogP contribution in [0.5, 0.6) is 17.2 Å². The van der Waals surface area contributed by atoms with Gasteiger partial charge in [-0.05, 0) is 116 Å². The van der Waals surface area contributed by atoms with E-state index in [2.05, 4.69) is 28.9 Å². The molecule has 334 valence electrons. The summed E-state index contributed by atoms with van der Waals surface area (Å²) in [5, 5.41) is 23.1. The van der Waals surface area contributed by atoms with Crippen LogP contribution in [0, 0.1) is 5.41 Å². The molecular formula is C51H60NO10P. The number of carboxylic acids is 2. The van der Waals surface area contributed by atoms with Gasteiger partial charge in [0.1, 0.15) is 28.5 Å². The maximum atomic E-state index is 14.2. The van der Waals surface area contributed by atoms with Crippen LogP contribution < -0.4 is 14.2 Å². The van der Waals surface area contributed by atoms with Gasteiger partial charge in [0.2, 0.25) is 5.41 Å². The average molecular weight is 878 g/mol. The minimum atomic E-state index is -2.66. The Balaban J connectivity index is 1.50. The zero-order valence-electron chi connectivity index (χ0n) is 37.7. The molecule has 1 unspecified atom stereocenters. The van der Waals surface area contributed by atoms with Gasteiger partial charge in [0.25, 0.3) is 8.53 Å². The first-order chi connectivity index (χ1) is 30.3. The molecule has 0 saturated heterocycles. The van der Waals surface area contributed by atoms with E-state index in [-0.39, 0.29) is 37.5 Å². The van der Waals surface area contributed by atoms with E-state index >= 15 is 0 Å². The summed E-state index contributed by atoms with van der Waals surface area (Å²) in [6, 6.07) is 38.0. The molecule has 0 amide bonds. The highest BCUT2D eigenvalue weighted by Crippen LogP contribution is 2.58. The molecule has 11 nitrogen and oxygen atoms in total. The molecule has 63 heavy (non-hydrogen) atoms. The maximum Gasteiger partial charge on any atom is 0.326 e. The van der Waals surface area contributed by atoms with E-state index in [0.29, 0.717) is 33.9 Å². The van der Waals surface area contributed by atoms with Crippen molar-refractivity contribution in [1.29, 1.82) is 0 Å². The van der Waals surface area contributed by atoms with Gasteiger partial charge in [0.05, 0.1) is 34.5 Å². The van der Waals surface area contributed by atoms with E-state index in [4.69, 9.17) is 28.0 Å². The Morgan fingerprint density at radius 1 is 0.619 bits per heavy atom. The van der Waals surface area contributed by atoms with Gasteiger partial charge in [-0.2, -0.15) is 0 Å². The normalized spacial score (nSPS) is 13.5. The Labute approximate surface area is 372 Å². The Bertz CT molecular complexity index is 2130. The lowest BCUT2D eigenvalue weighted by Gasteiger charge is -2.49. The van der Waals surface area contributed by atoms with Crippen LogP contribution in [0.1, 0.15) is 88.1 Å². The summed E-state index contributed by atoms with van der Waals surface area (Å²) >= 11 is 0.